The van der Waals surface area contributed by atoms with E-state index in [0.717, 1.165) is 27.8 Å². The van der Waals surface area contributed by atoms with Gasteiger partial charge in [0.1, 0.15) is 11.3 Å². The molecular weight excluding hydrogens is 536 g/mol. The van der Waals surface area contributed by atoms with E-state index in [1.807, 2.05) is 12.3 Å². The highest BCUT2D eigenvalue weighted by molar-refractivity contribution is 6.21. The first-order valence-corrected chi connectivity index (χ1v) is 15.2. The molecule has 0 saturated heterocycles. The highest BCUT2D eigenvalue weighted by Crippen LogP contribution is 2.47. The zero-order valence-electron chi connectivity index (χ0n) is 24.0. The van der Waals surface area contributed by atoms with Crippen LogP contribution in [0.15, 0.2) is 156 Å². The molecule has 0 radical (unpaired) electrons. The van der Waals surface area contributed by atoms with Gasteiger partial charge in [-0.15, -0.1) is 0 Å². The van der Waals surface area contributed by atoms with Crippen molar-refractivity contribution in [2.75, 3.05) is 6.61 Å². The Bertz CT molecular complexity index is 2270. The molecule has 7 aromatic carbocycles. The van der Waals surface area contributed by atoms with Gasteiger partial charge in [0, 0.05) is 22.4 Å². The van der Waals surface area contributed by atoms with Gasteiger partial charge in [0.05, 0.1) is 12.9 Å². The molecule has 9 rings (SSSR count). The Labute approximate surface area is 255 Å². The van der Waals surface area contributed by atoms with Crippen molar-refractivity contribution in [1.82, 2.24) is 0 Å². The zero-order valence-corrected chi connectivity index (χ0v) is 24.0. The fourth-order valence-electron chi connectivity index (χ4n) is 7.11. The second-order valence-electron chi connectivity index (χ2n) is 11.6. The standard InChI is InChI=1S/C42H28O2/c1-3-11-27(12-4-1)37-25-43-39-21-19-29(23-35(37)39)41-31-15-7-9-17-33(31)42(34-18-10-8-16-32(34)41)30-20-22-40-36(24-30)38(26-44-40)28-13-5-2-6-14-28/h1-25,38H,26H2. The summed E-state index contributed by atoms with van der Waals surface area (Å²) in [7, 11) is 0. The molecule has 2 heterocycles. The maximum absolute atomic E-state index is 6.17. The largest absolute Gasteiger partial charge is 0.492 e. The molecule has 2 nitrogen and oxygen atoms in total. The van der Waals surface area contributed by atoms with E-state index < -0.39 is 0 Å². The van der Waals surface area contributed by atoms with Crippen LogP contribution in [0.4, 0.5) is 0 Å². The van der Waals surface area contributed by atoms with Gasteiger partial charge in [0.15, 0.2) is 0 Å². The average molecular weight is 565 g/mol. The molecule has 1 atom stereocenters. The third-order valence-corrected chi connectivity index (χ3v) is 9.16. The maximum Gasteiger partial charge on any atom is 0.134 e. The second kappa shape index (κ2) is 10.00. The Kier molecular flexibility index (Phi) is 5.67. The fourth-order valence-corrected chi connectivity index (χ4v) is 7.11. The summed E-state index contributed by atoms with van der Waals surface area (Å²) in [5.74, 6) is 1.21. The average Bonchev–Trinajstić information content (AvgIpc) is 3.72. The monoisotopic (exact) mass is 564 g/mol. The van der Waals surface area contributed by atoms with Crippen molar-refractivity contribution in [3.63, 3.8) is 0 Å². The number of hydrogen-bond donors (Lipinski definition) is 0. The molecule has 0 fully saturated rings. The topological polar surface area (TPSA) is 22.4 Å². The fraction of sp³-hybridized carbons (Fsp3) is 0.0476. The Morgan fingerprint density at radius 3 is 1.70 bits per heavy atom. The van der Waals surface area contributed by atoms with Gasteiger partial charge >= 0.3 is 0 Å². The minimum atomic E-state index is 0.225. The lowest BCUT2D eigenvalue weighted by molar-refractivity contribution is 0.343. The lowest BCUT2D eigenvalue weighted by atomic mass is 9.84. The number of benzene rings is 7. The molecule has 0 N–H and O–H groups in total. The van der Waals surface area contributed by atoms with Crippen LogP contribution in [0.2, 0.25) is 0 Å². The quantitative estimate of drug-likeness (QED) is 0.198. The van der Waals surface area contributed by atoms with Gasteiger partial charge in [-0.1, -0.05) is 121 Å². The zero-order chi connectivity index (χ0) is 29.0. The molecule has 1 unspecified atom stereocenters. The highest BCUT2D eigenvalue weighted by atomic mass is 16.5. The Balaban J connectivity index is 1.28. The van der Waals surface area contributed by atoms with Gasteiger partial charge < -0.3 is 9.15 Å². The lowest BCUT2D eigenvalue weighted by Gasteiger charge is -2.18. The van der Waals surface area contributed by atoms with Crippen LogP contribution in [0.1, 0.15) is 17.0 Å². The van der Waals surface area contributed by atoms with E-state index in [1.165, 1.54) is 54.9 Å². The van der Waals surface area contributed by atoms with E-state index in [4.69, 9.17) is 9.15 Å². The van der Waals surface area contributed by atoms with Crippen molar-refractivity contribution in [1.29, 1.82) is 0 Å². The molecule has 44 heavy (non-hydrogen) atoms. The second-order valence-corrected chi connectivity index (χ2v) is 11.6. The normalized spacial score (nSPS) is 14.2. The number of fused-ring (bicyclic) bond motifs is 4. The molecule has 208 valence electrons. The SMILES string of the molecule is c1ccc(-c2coc3ccc(-c4c5ccccc5c(-c5ccc6c(c5)C(c5ccccc5)CO6)c5ccccc45)cc23)cc1. The van der Waals surface area contributed by atoms with Crippen LogP contribution in [-0.4, -0.2) is 6.61 Å². The minimum Gasteiger partial charge on any atom is -0.492 e. The van der Waals surface area contributed by atoms with Gasteiger partial charge in [0.25, 0.3) is 0 Å². The predicted molar refractivity (Wildman–Crippen MR) is 181 cm³/mol. The number of ether oxygens (including phenoxy) is 1. The molecule has 1 aliphatic heterocycles. The molecule has 0 saturated carbocycles. The summed E-state index contributed by atoms with van der Waals surface area (Å²) in [6.07, 6.45) is 1.88. The Morgan fingerprint density at radius 1 is 0.477 bits per heavy atom. The first-order chi connectivity index (χ1) is 21.8. The molecule has 1 aliphatic rings. The molecule has 8 aromatic rings. The highest BCUT2D eigenvalue weighted by Gasteiger charge is 2.27. The summed E-state index contributed by atoms with van der Waals surface area (Å²) in [5.41, 5.74) is 10.6. The third kappa shape index (κ3) is 3.88. The number of rotatable bonds is 4. The van der Waals surface area contributed by atoms with Gasteiger partial charge in [-0.05, 0) is 79.2 Å². The van der Waals surface area contributed by atoms with Crippen LogP contribution in [0, 0.1) is 0 Å². The molecule has 0 amide bonds. The van der Waals surface area contributed by atoms with Crippen LogP contribution < -0.4 is 4.74 Å². The van der Waals surface area contributed by atoms with Gasteiger partial charge in [-0.2, -0.15) is 0 Å². The number of furan rings is 1. The smallest absolute Gasteiger partial charge is 0.134 e. The number of hydrogen-bond acceptors (Lipinski definition) is 2. The summed E-state index contributed by atoms with van der Waals surface area (Å²) < 4.78 is 12.2. The van der Waals surface area contributed by atoms with E-state index in [1.54, 1.807) is 0 Å². The van der Waals surface area contributed by atoms with Crippen LogP contribution in [-0.2, 0) is 0 Å². The van der Waals surface area contributed by atoms with Gasteiger partial charge in [-0.25, -0.2) is 0 Å². The van der Waals surface area contributed by atoms with Gasteiger partial charge in [-0.3, -0.25) is 0 Å². The van der Waals surface area contributed by atoms with E-state index in [0.29, 0.717) is 6.61 Å². The Morgan fingerprint density at radius 2 is 1.05 bits per heavy atom. The van der Waals surface area contributed by atoms with Crippen LogP contribution in [0.25, 0.3) is 65.9 Å². The summed E-state index contributed by atoms with van der Waals surface area (Å²) in [4.78, 5) is 0. The van der Waals surface area contributed by atoms with Gasteiger partial charge in [0.2, 0.25) is 0 Å². The first kappa shape index (κ1) is 24.9. The van der Waals surface area contributed by atoms with Crippen molar-refractivity contribution < 1.29 is 9.15 Å². The van der Waals surface area contributed by atoms with Crippen molar-refractivity contribution in [3.8, 4) is 39.1 Å². The predicted octanol–water partition coefficient (Wildman–Crippen LogP) is 11.3. The first-order valence-electron chi connectivity index (χ1n) is 15.2. The lowest BCUT2D eigenvalue weighted by Crippen LogP contribution is -2.02. The van der Waals surface area contributed by atoms with E-state index in [9.17, 15) is 0 Å². The van der Waals surface area contributed by atoms with E-state index >= 15 is 0 Å². The van der Waals surface area contributed by atoms with Crippen molar-refractivity contribution in [2.45, 2.75) is 5.92 Å². The third-order valence-electron chi connectivity index (χ3n) is 9.16. The summed E-state index contributed by atoms with van der Waals surface area (Å²) in [6, 6.07) is 52.2. The van der Waals surface area contributed by atoms with E-state index in [2.05, 4.69) is 140 Å². The summed E-state index contributed by atoms with van der Waals surface area (Å²) in [5, 5.41) is 6.08. The maximum atomic E-state index is 6.17. The van der Waals surface area contributed by atoms with Crippen LogP contribution in [0.5, 0.6) is 5.75 Å². The van der Waals surface area contributed by atoms with Crippen molar-refractivity contribution >= 4 is 32.5 Å². The molecule has 0 aliphatic carbocycles. The summed E-state index contributed by atoms with van der Waals surface area (Å²) >= 11 is 0. The molecular formula is C42H28O2. The Hall–Kier alpha value is -5.60. The van der Waals surface area contributed by atoms with Crippen molar-refractivity contribution in [3.05, 3.63) is 163 Å². The molecule has 1 aromatic heterocycles. The molecule has 0 spiro atoms. The van der Waals surface area contributed by atoms with Crippen LogP contribution in [0.3, 0.4) is 0 Å². The van der Waals surface area contributed by atoms with Crippen molar-refractivity contribution in [2.24, 2.45) is 0 Å². The molecule has 0 bridgehead atoms. The molecule has 2 heteroatoms. The summed E-state index contributed by atoms with van der Waals surface area (Å²) in [6.45, 7) is 0.671. The van der Waals surface area contributed by atoms with Crippen LogP contribution >= 0.6 is 0 Å². The minimum absolute atomic E-state index is 0.225. The van der Waals surface area contributed by atoms with E-state index in [-0.39, 0.29) is 5.92 Å².